The molecule has 0 aliphatic carbocycles. The van der Waals surface area contributed by atoms with Gasteiger partial charge in [-0.05, 0) is 105 Å². The molecule has 17 nitrogen and oxygen atoms in total. The van der Waals surface area contributed by atoms with Gasteiger partial charge in [0.05, 0.1) is 29.1 Å². The first-order valence-corrected chi connectivity index (χ1v) is 23.8. The molecule has 2 aliphatic heterocycles. The zero-order valence-electron chi connectivity index (χ0n) is 40.7. The lowest BCUT2D eigenvalue weighted by molar-refractivity contribution is -0.0133. The van der Waals surface area contributed by atoms with Crippen LogP contribution in [0.5, 0.6) is 17.5 Å². The lowest BCUT2D eigenvalue weighted by atomic mass is 9.73. The van der Waals surface area contributed by atoms with Gasteiger partial charge in [0.25, 0.3) is 11.8 Å². The van der Waals surface area contributed by atoms with Crippen LogP contribution in [-0.4, -0.2) is 119 Å². The number of anilines is 1. The molecule has 18 heteroatoms. The summed E-state index contributed by atoms with van der Waals surface area (Å²) in [6.45, 7) is 16.2. The number of nitrogens with zero attached hydrogens (tertiary/aromatic N) is 7. The number of aromatic hydroxyl groups is 3. The summed E-state index contributed by atoms with van der Waals surface area (Å²) in [7, 11) is -0.774. The highest BCUT2D eigenvalue weighted by atomic mass is 16.7. The van der Waals surface area contributed by atoms with Crippen molar-refractivity contribution >= 4 is 24.6 Å². The van der Waals surface area contributed by atoms with Crippen molar-refractivity contribution < 1.29 is 39.3 Å². The molecular weight excluding hydrogens is 889 g/mol. The number of nitrogens with one attached hydrogen (secondary N) is 2. The van der Waals surface area contributed by atoms with Gasteiger partial charge in [-0.2, -0.15) is 0 Å². The van der Waals surface area contributed by atoms with Gasteiger partial charge in [-0.1, -0.05) is 75.3 Å². The van der Waals surface area contributed by atoms with Gasteiger partial charge in [-0.15, -0.1) is 5.10 Å². The number of hydrogen-bond acceptors (Lipinski definition) is 14. The summed E-state index contributed by atoms with van der Waals surface area (Å²) in [6, 6.07) is 26.5. The highest BCUT2D eigenvalue weighted by molar-refractivity contribution is 6.47. The van der Waals surface area contributed by atoms with Gasteiger partial charge in [0, 0.05) is 61.8 Å². The normalized spacial score (nSPS) is 18.3. The summed E-state index contributed by atoms with van der Waals surface area (Å²) in [5, 5.41) is 58.0. The van der Waals surface area contributed by atoms with E-state index in [4.69, 9.17) is 9.31 Å². The number of rotatable bonds is 16. The number of benzene rings is 4. The van der Waals surface area contributed by atoms with E-state index >= 15 is 0 Å². The second-order valence-corrected chi connectivity index (χ2v) is 19.5. The van der Waals surface area contributed by atoms with Crippen LogP contribution in [0.2, 0.25) is 0 Å². The Labute approximate surface area is 408 Å². The highest BCUT2D eigenvalue weighted by Gasteiger charge is 2.57. The number of carbonyl (C=O) groups excluding carboxylic acids is 2. The maximum absolute atomic E-state index is 13.9. The van der Waals surface area contributed by atoms with E-state index in [2.05, 4.69) is 49.5 Å². The van der Waals surface area contributed by atoms with Gasteiger partial charge >= 0.3 is 13.1 Å². The van der Waals surface area contributed by atoms with Crippen molar-refractivity contribution in [1.29, 1.82) is 0 Å². The molecule has 6 N–H and O–H groups in total. The van der Waals surface area contributed by atoms with Crippen LogP contribution in [0.1, 0.15) is 98.3 Å². The average molecular weight is 952 g/mol. The Hall–Kier alpha value is -6.86. The Balaban J connectivity index is 0.910. The summed E-state index contributed by atoms with van der Waals surface area (Å²) in [4.78, 5) is 39.4. The van der Waals surface area contributed by atoms with Gasteiger partial charge in [-0.25, -0.2) is 9.55 Å². The number of phenols is 2. The first kappa shape index (κ1) is 49.6. The average Bonchev–Trinajstić information content (AvgIpc) is 3.85. The fourth-order valence-corrected chi connectivity index (χ4v) is 9.27. The van der Waals surface area contributed by atoms with Crippen LogP contribution in [0.15, 0.2) is 110 Å². The van der Waals surface area contributed by atoms with Gasteiger partial charge < -0.3 is 44.9 Å². The Morgan fingerprint density at radius 1 is 0.814 bits per heavy atom. The molecule has 366 valence electrons. The third-order valence-electron chi connectivity index (χ3n) is 13.5. The number of piperazine rings is 1. The Morgan fingerprint density at radius 3 is 2.14 bits per heavy atom. The largest absolute Gasteiger partial charge is 0.508 e. The number of amides is 2. The first-order valence-electron chi connectivity index (χ1n) is 23.8. The van der Waals surface area contributed by atoms with E-state index in [9.17, 15) is 30.0 Å². The van der Waals surface area contributed by atoms with Crippen LogP contribution in [0.3, 0.4) is 0 Å². The minimum absolute atomic E-state index is 0.0224. The van der Waals surface area contributed by atoms with Crippen LogP contribution in [0.25, 0.3) is 17.1 Å². The first-order chi connectivity index (χ1) is 33.4. The minimum Gasteiger partial charge on any atom is -0.508 e. The fraction of sp³-hybridized carbons (Fsp3) is 0.385. The van der Waals surface area contributed by atoms with Crippen molar-refractivity contribution in [1.82, 2.24) is 40.3 Å². The molecule has 4 heterocycles. The predicted octanol–water partition coefficient (Wildman–Crippen LogP) is 6.36. The van der Waals surface area contributed by atoms with Crippen molar-refractivity contribution in [2.24, 2.45) is 5.92 Å². The second-order valence-electron chi connectivity index (χ2n) is 19.5. The van der Waals surface area contributed by atoms with Crippen molar-refractivity contribution in [2.45, 2.75) is 96.6 Å². The van der Waals surface area contributed by atoms with E-state index in [1.165, 1.54) is 29.2 Å². The molecule has 2 unspecified atom stereocenters. The van der Waals surface area contributed by atoms with Crippen LogP contribution in [0, 0.1) is 5.92 Å². The number of carbonyl (C=O) groups is 2. The second kappa shape index (κ2) is 20.6. The van der Waals surface area contributed by atoms with Crippen molar-refractivity contribution in [2.75, 3.05) is 31.1 Å². The van der Waals surface area contributed by atoms with E-state index in [-0.39, 0.29) is 46.8 Å². The van der Waals surface area contributed by atoms with Crippen LogP contribution < -0.4 is 15.5 Å². The quantitative estimate of drug-likeness (QED) is 0.0460. The monoisotopic (exact) mass is 951 g/mol. The van der Waals surface area contributed by atoms with E-state index in [1.54, 1.807) is 6.07 Å². The topological polar surface area (TPSA) is 221 Å². The predicted molar refractivity (Wildman–Crippen MR) is 266 cm³/mol. The maximum atomic E-state index is 13.9. The number of aliphatic hydroxyl groups excluding tert-OH is 1. The lowest BCUT2D eigenvalue weighted by Crippen LogP contribution is -2.58. The molecule has 4 atom stereocenters. The molecule has 70 heavy (non-hydrogen) atoms. The Kier molecular flexibility index (Phi) is 14.6. The van der Waals surface area contributed by atoms with Crippen molar-refractivity contribution in [3.05, 3.63) is 138 Å². The summed E-state index contributed by atoms with van der Waals surface area (Å²) in [6.07, 6.45) is 4.07. The van der Waals surface area contributed by atoms with E-state index < -0.39 is 42.4 Å². The van der Waals surface area contributed by atoms with Crippen molar-refractivity contribution in [3.8, 4) is 34.6 Å². The molecule has 0 spiro atoms. The van der Waals surface area contributed by atoms with E-state index in [0.717, 1.165) is 16.8 Å². The summed E-state index contributed by atoms with van der Waals surface area (Å²) in [5.41, 5.74) is 3.17. The fourth-order valence-electron chi connectivity index (χ4n) is 9.27. The molecule has 0 radical (unpaired) electrons. The molecule has 2 aliphatic rings. The minimum atomic E-state index is -1.19. The molecular formula is C52H62BN9O8. The van der Waals surface area contributed by atoms with Gasteiger partial charge in [-0.3, -0.25) is 19.9 Å². The van der Waals surface area contributed by atoms with Gasteiger partial charge in [0.2, 0.25) is 0 Å². The summed E-state index contributed by atoms with van der Waals surface area (Å²) in [5.74, 6) is -0.813. The van der Waals surface area contributed by atoms with E-state index in [1.807, 2.05) is 118 Å². The third kappa shape index (κ3) is 10.5. The number of aromatic nitrogens is 5. The number of phenolic OH excluding ortho intramolecular Hbond substituents is 2. The Bertz CT molecular complexity index is 2750. The van der Waals surface area contributed by atoms with E-state index in [0.29, 0.717) is 61.4 Å². The Morgan fingerprint density at radius 2 is 1.50 bits per heavy atom. The highest BCUT2D eigenvalue weighted by Crippen LogP contribution is 2.46. The zero-order chi connectivity index (χ0) is 49.9. The van der Waals surface area contributed by atoms with Gasteiger partial charge in [0.1, 0.15) is 29.0 Å². The molecule has 4 aromatic carbocycles. The molecule has 6 aromatic rings. The maximum Gasteiger partial charge on any atom is 0.476 e. The molecule has 2 fully saturated rings. The van der Waals surface area contributed by atoms with Crippen LogP contribution in [-0.2, 0) is 21.3 Å². The molecule has 0 saturated carbocycles. The number of aliphatic hydroxyl groups is 1. The molecule has 2 amide bonds. The zero-order valence-corrected chi connectivity index (χ0v) is 40.7. The SMILES string of the molecule is CC(C)C[C@H](NC(O)[C@H](Cc1ccccc1)NC(=O)c1cnccn1)B1OC(C)(C)C(C)(c2ccc(C(=O)N3CCN(c4ccc(-n5c(O)nnc5-c5cc(C(C)C)c(O)cc5O)cc4)CC3)cc2)O1. The molecule has 0 bridgehead atoms. The van der Waals surface area contributed by atoms with Crippen LogP contribution >= 0.6 is 0 Å². The molecule has 2 aromatic heterocycles. The number of hydrogen-bond donors (Lipinski definition) is 6. The van der Waals surface area contributed by atoms with Gasteiger partial charge in [0.15, 0.2) is 5.82 Å². The molecule has 2 saturated heterocycles. The third-order valence-corrected chi connectivity index (χ3v) is 13.5. The van der Waals surface area contributed by atoms with Crippen LogP contribution in [0.4, 0.5) is 5.69 Å². The lowest BCUT2D eigenvalue weighted by Gasteiger charge is -2.37. The summed E-state index contributed by atoms with van der Waals surface area (Å²) < 4.78 is 15.0. The summed E-state index contributed by atoms with van der Waals surface area (Å²) >= 11 is 0. The standard InChI is InChI=1S/C52H62BN9O8/c1-32(2)27-45(57-47(65)41(28-34-11-9-8-10-12-34)56-48(66)42-31-54-21-22-55-42)53-69-51(5,6)52(7,70-53)36-15-13-35(14-16-36)49(67)61-25-23-60(24-26-61)37-17-19-38(20-18-37)62-46(58-59-50(62)68)40-29-39(33(3)4)43(63)30-44(40)64/h8-22,29-33,41,45,47,57,63-65H,23-28H2,1-7H3,(H,56,66)(H,59,68)/t41-,45-,47?,52?/m0/s1. The molecule has 8 rings (SSSR count). The smallest absolute Gasteiger partial charge is 0.476 e. The van der Waals surface area contributed by atoms with Crippen molar-refractivity contribution in [3.63, 3.8) is 0 Å².